The number of benzene rings is 2. The number of aromatic nitrogens is 3. The Hall–Kier alpha value is -3.64. The second-order valence-electron chi connectivity index (χ2n) is 10.2. The van der Waals surface area contributed by atoms with Crippen molar-refractivity contribution < 1.29 is 9.90 Å². The highest BCUT2D eigenvalue weighted by molar-refractivity contribution is 6.22. The molecule has 0 radical (unpaired) electrons. The maximum absolute atomic E-state index is 12.8. The fourth-order valence-electron chi connectivity index (χ4n) is 5.54. The number of β-amino-alcohol motifs (C(OH)–C–C–N with tert-alkyl or cyclic N) is 1. The van der Waals surface area contributed by atoms with E-state index in [0.29, 0.717) is 61.6 Å². The average molecular weight is 502 g/mol. The molecule has 1 aliphatic carbocycles. The third-order valence-corrected chi connectivity index (χ3v) is 7.14. The quantitative estimate of drug-likeness (QED) is 0.265. The first-order valence-electron chi connectivity index (χ1n) is 12.6. The standard InChI is InChI=1S/C26H31N9O2/c27-14-7-15(28)11-34(10-14)25-31-24(32-26(33-25)35-12-16(29)8-18(36)13-35)30-17-5-6-21-22(9-17)19-3-1-2-4-20(19)23(21)37/h1-6,9,14-16,18,36H,7-8,10-13,27-29H2,(H,30,31,32,33)/t14-,15+,16-,18+/m1/s1. The van der Waals surface area contributed by atoms with Gasteiger partial charge in [-0.2, -0.15) is 15.0 Å². The van der Waals surface area contributed by atoms with Crippen LogP contribution < -0.4 is 32.3 Å². The highest BCUT2D eigenvalue weighted by Crippen LogP contribution is 2.38. The average Bonchev–Trinajstić information content (AvgIpc) is 3.14. The lowest BCUT2D eigenvalue weighted by Gasteiger charge is -2.36. The van der Waals surface area contributed by atoms with Gasteiger partial charge in [-0.3, -0.25) is 4.79 Å². The Morgan fingerprint density at radius 1 is 0.757 bits per heavy atom. The summed E-state index contributed by atoms with van der Waals surface area (Å²) in [6.07, 6.45) is 0.707. The molecule has 11 heteroatoms. The van der Waals surface area contributed by atoms with Gasteiger partial charge < -0.3 is 37.4 Å². The molecule has 6 rings (SSSR count). The largest absolute Gasteiger partial charge is 0.391 e. The zero-order chi connectivity index (χ0) is 25.7. The zero-order valence-electron chi connectivity index (χ0n) is 20.4. The molecule has 2 saturated heterocycles. The summed E-state index contributed by atoms with van der Waals surface area (Å²) in [6, 6.07) is 12.9. The minimum atomic E-state index is -0.563. The fourth-order valence-corrected chi connectivity index (χ4v) is 5.54. The first-order chi connectivity index (χ1) is 17.8. The summed E-state index contributed by atoms with van der Waals surface area (Å²) in [5.41, 5.74) is 22.6. The highest BCUT2D eigenvalue weighted by atomic mass is 16.3. The van der Waals surface area contributed by atoms with Crippen LogP contribution in [0.15, 0.2) is 42.5 Å². The molecule has 1 aromatic heterocycles. The lowest BCUT2D eigenvalue weighted by atomic mass is 10.0. The van der Waals surface area contributed by atoms with E-state index in [4.69, 9.17) is 27.2 Å². The van der Waals surface area contributed by atoms with E-state index < -0.39 is 6.10 Å². The van der Waals surface area contributed by atoms with Crippen LogP contribution in [-0.4, -0.2) is 76.3 Å². The van der Waals surface area contributed by atoms with Crippen molar-refractivity contribution in [2.45, 2.75) is 37.1 Å². The number of carbonyl (C=O) groups is 1. The van der Waals surface area contributed by atoms with Crippen LogP contribution in [0.1, 0.15) is 28.8 Å². The van der Waals surface area contributed by atoms with Gasteiger partial charge in [0.25, 0.3) is 0 Å². The predicted octanol–water partition coefficient (Wildman–Crippen LogP) is 0.590. The van der Waals surface area contributed by atoms with Crippen LogP contribution in [-0.2, 0) is 0 Å². The van der Waals surface area contributed by atoms with E-state index in [1.165, 1.54) is 0 Å². The number of anilines is 4. The minimum absolute atomic E-state index is 0.0275. The molecule has 3 heterocycles. The lowest BCUT2D eigenvalue weighted by Crippen LogP contribution is -2.53. The minimum Gasteiger partial charge on any atom is -0.391 e. The highest BCUT2D eigenvalue weighted by Gasteiger charge is 2.30. The maximum atomic E-state index is 12.8. The van der Waals surface area contributed by atoms with Crippen molar-refractivity contribution in [3.63, 3.8) is 0 Å². The molecule has 11 nitrogen and oxygen atoms in total. The van der Waals surface area contributed by atoms with Gasteiger partial charge in [0.1, 0.15) is 0 Å². The summed E-state index contributed by atoms with van der Waals surface area (Å²) in [5.74, 6) is 1.27. The normalized spacial score (nSPS) is 25.1. The predicted molar refractivity (Wildman–Crippen MR) is 142 cm³/mol. The van der Waals surface area contributed by atoms with Gasteiger partial charge in [-0.05, 0) is 42.2 Å². The first-order valence-corrected chi connectivity index (χ1v) is 12.6. The van der Waals surface area contributed by atoms with Crippen molar-refractivity contribution in [3.8, 4) is 11.1 Å². The molecule has 3 aliphatic rings. The molecule has 37 heavy (non-hydrogen) atoms. The molecule has 2 aromatic carbocycles. The van der Waals surface area contributed by atoms with Crippen molar-refractivity contribution in [1.29, 1.82) is 0 Å². The Labute approximate surface area is 214 Å². The number of nitrogens with one attached hydrogen (secondary N) is 1. The van der Waals surface area contributed by atoms with E-state index in [0.717, 1.165) is 23.2 Å². The van der Waals surface area contributed by atoms with E-state index in [9.17, 15) is 9.90 Å². The van der Waals surface area contributed by atoms with E-state index >= 15 is 0 Å². The van der Waals surface area contributed by atoms with Crippen molar-refractivity contribution in [2.24, 2.45) is 17.2 Å². The van der Waals surface area contributed by atoms with E-state index in [1.54, 1.807) is 0 Å². The third kappa shape index (κ3) is 4.62. The monoisotopic (exact) mass is 501 g/mol. The number of hydrogen-bond donors (Lipinski definition) is 5. The van der Waals surface area contributed by atoms with E-state index in [2.05, 4.69) is 10.3 Å². The van der Waals surface area contributed by atoms with Crippen molar-refractivity contribution >= 4 is 29.3 Å². The van der Waals surface area contributed by atoms with Gasteiger partial charge in [-0.15, -0.1) is 0 Å². The summed E-state index contributed by atoms with van der Waals surface area (Å²) < 4.78 is 0. The van der Waals surface area contributed by atoms with Crippen LogP contribution in [0.5, 0.6) is 0 Å². The first kappa shape index (κ1) is 23.7. The van der Waals surface area contributed by atoms with Gasteiger partial charge in [-0.25, -0.2) is 0 Å². The maximum Gasteiger partial charge on any atom is 0.233 e. The Bertz CT molecular complexity index is 1290. The number of carbonyl (C=O) groups excluding carboxylic acids is 1. The van der Waals surface area contributed by atoms with Gasteiger partial charge >= 0.3 is 0 Å². The van der Waals surface area contributed by atoms with Crippen LogP contribution in [0.4, 0.5) is 23.5 Å². The molecule has 0 amide bonds. The number of rotatable bonds is 4. The molecule has 0 spiro atoms. The lowest BCUT2D eigenvalue weighted by molar-refractivity contribution is 0.104. The number of nitrogens with two attached hydrogens (primary N) is 3. The summed E-state index contributed by atoms with van der Waals surface area (Å²) >= 11 is 0. The van der Waals surface area contributed by atoms with Crippen LogP contribution in [0, 0.1) is 0 Å². The van der Waals surface area contributed by atoms with Gasteiger partial charge in [0.05, 0.1) is 6.10 Å². The number of fused-ring (bicyclic) bond motifs is 3. The summed E-state index contributed by atoms with van der Waals surface area (Å²) in [4.78, 5) is 30.8. The topological polar surface area (TPSA) is 173 Å². The summed E-state index contributed by atoms with van der Waals surface area (Å²) in [5, 5.41) is 13.6. The second kappa shape index (κ2) is 9.34. The van der Waals surface area contributed by atoms with Gasteiger partial charge in [0.2, 0.25) is 17.8 Å². The molecule has 4 atom stereocenters. The Morgan fingerprint density at radius 2 is 1.35 bits per heavy atom. The van der Waals surface area contributed by atoms with Crippen LogP contribution >= 0.6 is 0 Å². The van der Waals surface area contributed by atoms with Gasteiger partial charge in [0, 0.05) is 61.1 Å². The number of aliphatic hydroxyl groups excluding tert-OH is 1. The Kier molecular flexibility index (Phi) is 6.00. The molecular weight excluding hydrogens is 470 g/mol. The number of nitrogens with zero attached hydrogens (tertiary/aromatic N) is 5. The number of ketones is 1. The molecule has 0 unspecified atom stereocenters. The van der Waals surface area contributed by atoms with Gasteiger partial charge in [-0.1, -0.05) is 24.3 Å². The number of hydrogen-bond acceptors (Lipinski definition) is 11. The number of piperidine rings is 2. The van der Waals surface area contributed by atoms with Gasteiger partial charge in [0.15, 0.2) is 5.78 Å². The Morgan fingerprint density at radius 3 is 2.03 bits per heavy atom. The summed E-state index contributed by atoms with van der Waals surface area (Å²) in [7, 11) is 0. The molecule has 0 saturated carbocycles. The van der Waals surface area contributed by atoms with E-state index in [-0.39, 0.29) is 23.9 Å². The SMILES string of the molecule is N[C@@H]1C[C@H](N)CN(c2nc(Nc3ccc4c(c3)-c3ccccc3C4=O)nc(N3C[C@H](N)C[C@H](O)C3)n2)C1. The third-order valence-electron chi connectivity index (χ3n) is 7.14. The Balaban J connectivity index is 1.36. The molecule has 192 valence electrons. The van der Waals surface area contributed by atoms with Crippen molar-refractivity contribution in [2.75, 3.05) is 41.3 Å². The zero-order valence-corrected chi connectivity index (χ0v) is 20.4. The smallest absolute Gasteiger partial charge is 0.233 e. The van der Waals surface area contributed by atoms with Crippen molar-refractivity contribution in [1.82, 2.24) is 15.0 Å². The van der Waals surface area contributed by atoms with E-state index in [1.807, 2.05) is 52.3 Å². The van der Waals surface area contributed by atoms with Crippen molar-refractivity contribution in [3.05, 3.63) is 53.6 Å². The molecule has 2 aliphatic heterocycles. The van der Waals surface area contributed by atoms with Crippen LogP contribution in [0.2, 0.25) is 0 Å². The fraction of sp³-hybridized carbons (Fsp3) is 0.385. The molecule has 0 bridgehead atoms. The second-order valence-corrected chi connectivity index (χ2v) is 10.2. The molecule has 8 N–H and O–H groups in total. The molecular formula is C26H31N9O2. The summed E-state index contributed by atoms with van der Waals surface area (Å²) in [6.45, 7) is 2.07. The van der Waals surface area contributed by atoms with Crippen LogP contribution in [0.3, 0.4) is 0 Å². The number of aliphatic hydroxyl groups is 1. The molecule has 2 fully saturated rings. The van der Waals surface area contributed by atoms with Crippen LogP contribution in [0.25, 0.3) is 11.1 Å². The molecule has 3 aromatic rings.